The van der Waals surface area contributed by atoms with Gasteiger partial charge in [0.2, 0.25) is 7.16 Å². The van der Waals surface area contributed by atoms with Crippen LogP contribution in [0.2, 0.25) is 0 Å². The van der Waals surface area contributed by atoms with Gasteiger partial charge in [-0.2, -0.15) is 0 Å². The highest BCUT2D eigenvalue weighted by Gasteiger charge is 2.52. The molecule has 20 heteroatoms. The SMILES string of the molecule is [2H]OC(C(=O)OCC#CC([2H])([2H])N(C([2H])([2H])C([2H])([2H])[2H])C([2H])([2H])C([2H])([2H])[2H])(c1c([2H])c([2H])c([2H])c([2H])c1[2H])C1([2H])C([2H])([2H])C([2H])([2H])C([2H])([2H])C([2H])([2H])C1([2H])[2H].[2H]OC(C(=O)OCC#CC([2H])([2H])N(C([2H])([2H])C([2H])([2H])[2H])C([2H])([2H])C([2H])([2H])[2H])(c1c([2H])c([2H])c([2H])c([2H])c1[2H])C1CCCCC1.[2H]OC(C(=O)OCC#CC([2H])([2H])N(C([2H])([2H])C([2H])([2H])[2H])C([2H])([2H])C([2H])([2H])[2H])(c1ccccc1)C1([2H])C([2H])([2H])C([2H])([2H])C([2H])([2H])C([2H])([2H])C1([2H])[2H].[2H]OC(C(=O)OCC#CC([2H])([2H])N(C([2H])([2H])C([2H])([2H])[2H])C([2H])([2H])C([2H])([2H])[2H])(c1ccccc1)C1CCCCC1.[2H]OC(C(=O)OCC#CC([2H])([2H])N(C([2H])([2H])C)C([2H])([2H])C)(c1c([2H])c([2H])c([2H])c([2H])c1[2H])C1([2H])C([2H])([2H])C([2H])([2H])C([2H])([2H])C([2H])([2H])C1([2H])[2H]. The molecule has 5 aliphatic carbocycles. The van der Waals surface area contributed by atoms with Gasteiger partial charge in [0.25, 0.3) is 0 Å². The largest absolute Gasteiger partial charge is 0.450 e. The molecule has 0 heterocycles. The molecule has 5 N–H and O–H groups in total. The summed E-state index contributed by atoms with van der Waals surface area (Å²) >= 11 is 0. The zero-order chi connectivity index (χ0) is 187. The Bertz CT molecular complexity index is 9310. The maximum Gasteiger partial charge on any atom is 0.344 e. The van der Waals surface area contributed by atoms with Crippen LogP contribution in [0.25, 0.3) is 0 Å². The minimum absolute atomic E-state index is 0.0494. The Kier molecular flexibility index (Phi) is 15.2. The van der Waals surface area contributed by atoms with E-state index in [1.807, 2.05) is 17.8 Å². The Morgan fingerprint density at radius 1 is 0.331 bits per heavy atom. The Hall–Kier alpha value is -9.15. The predicted molar refractivity (Wildman–Crippen MR) is 517 cm³/mol. The number of esters is 5. The zero-order valence-corrected chi connectivity index (χ0v) is 68.4. The molecule has 10 rings (SSSR count). The molecule has 5 aromatic carbocycles. The van der Waals surface area contributed by atoms with E-state index in [9.17, 15) is 26.7 Å². The van der Waals surface area contributed by atoms with Gasteiger partial charge in [0, 0.05) is 135 Å². The number of rotatable bonds is 40. The van der Waals surface area contributed by atoms with E-state index < -0.39 is 501 Å². The monoisotopic (exact) mass is 1890 g/mol. The molecule has 0 saturated heterocycles. The van der Waals surface area contributed by atoms with Gasteiger partial charge in [-0.25, -0.2) is 24.0 Å². The lowest BCUT2D eigenvalue weighted by Crippen LogP contribution is -2.45. The second kappa shape index (κ2) is 61.5. The molecule has 20 nitrogen and oxygen atoms in total. The Morgan fingerprint density at radius 2 is 0.554 bits per heavy atom. The van der Waals surface area contributed by atoms with Crippen LogP contribution in [0.1, 0.15) is 396 Å². The van der Waals surface area contributed by atoms with Crippen LogP contribution in [-0.2, 0) is 75.7 Å². The van der Waals surface area contributed by atoms with Crippen molar-refractivity contribution in [1.82, 2.24) is 24.5 Å². The fourth-order valence-corrected chi connectivity index (χ4v) is 11.2. The Balaban J connectivity index is 0.000000443. The van der Waals surface area contributed by atoms with Crippen molar-refractivity contribution in [2.24, 2.45) is 29.5 Å². The number of hydrogen-bond acceptors (Lipinski definition) is 20. The number of hydrogen-bond donors (Lipinski definition) is 5. The molecule has 5 fully saturated rings. The smallest absolute Gasteiger partial charge is 0.344 e. The third-order valence-corrected chi connectivity index (χ3v) is 17.3. The van der Waals surface area contributed by atoms with Gasteiger partial charge in [0.1, 0.15) is 0 Å². The molecule has 0 aromatic heterocycles. The van der Waals surface area contributed by atoms with Crippen LogP contribution in [0.4, 0.5) is 0 Å². The quantitative estimate of drug-likeness (QED) is 0.0139. The van der Waals surface area contributed by atoms with Crippen LogP contribution >= 0.6 is 0 Å². The van der Waals surface area contributed by atoms with Crippen molar-refractivity contribution in [2.45, 2.75) is 256 Å². The summed E-state index contributed by atoms with van der Waals surface area (Å²) in [6, 6.07) is -4.79. The fourth-order valence-electron chi connectivity index (χ4n) is 11.2. The number of carbonyl (C=O) groups excluding carboxylic acids is 5. The average Bonchev–Trinajstić information content (AvgIpc) is 0.649. The molecule has 710 valence electrons. The number of benzene rings is 5. The van der Waals surface area contributed by atoms with Crippen LogP contribution in [0.3, 0.4) is 0 Å². The Morgan fingerprint density at radius 3 is 0.800 bits per heavy atom. The van der Waals surface area contributed by atoms with Crippen LogP contribution < -0.4 is 0 Å². The van der Waals surface area contributed by atoms with Crippen LogP contribution in [0.5, 0.6) is 0 Å². The first kappa shape index (κ1) is 32.0. The number of carbonyl (C=O) groups is 5. The molecule has 130 heavy (non-hydrogen) atoms. The molecule has 5 aliphatic rings. The molecule has 0 aliphatic heterocycles. The van der Waals surface area contributed by atoms with Gasteiger partial charge in [0.05, 0.1) is 66.8 Å². The summed E-state index contributed by atoms with van der Waals surface area (Å²) in [5.74, 6) is -6.99. The van der Waals surface area contributed by atoms with Gasteiger partial charge in [0.15, 0.2) is 61.0 Å². The third-order valence-electron chi connectivity index (χ3n) is 17.3. The van der Waals surface area contributed by atoms with Crippen molar-refractivity contribution in [3.05, 3.63) is 179 Å². The second-order valence-electron chi connectivity index (χ2n) is 24.9. The normalized spacial score (nSPS) is 38.2. The highest BCUT2D eigenvalue weighted by Crippen LogP contribution is 2.46. The third kappa shape index (κ3) is 33.8. The van der Waals surface area contributed by atoms with E-state index >= 15 is 0 Å². The van der Waals surface area contributed by atoms with Crippen LogP contribution in [0, 0.1) is 88.7 Å². The van der Waals surface area contributed by atoms with Crippen molar-refractivity contribution < 1.29 is 213 Å². The molecule has 0 radical (unpaired) electrons. The predicted octanol–water partition coefficient (Wildman–Crippen LogP) is 16.7. The van der Waals surface area contributed by atoms with E-state index in [0.29, 0.717) is 31.2 Å². The summed E-state index contributed by atoms with van der Waals surface area (Å²) in [7, 11) is 0. The average molecular weight is 1900 g/mol. The topological polar surface area (TPSA) is 249 Å². The molecule has 0 amide bonds. The molecule has 5 unspecified atom stereocenters. The first-order chi connectivity index (χ1) is 105. The van der Waals surface area contributed by atoms with Gasteiger partial charge in [-0.1, -0.05) is 375 Å². The standard InChI is InChI=1S/5C22H31NO3/c5*1-3-23(4-2)17-11-12-18-26-21(24)22(25,19-13-7-5-8-14-19)20-15-9-6-10-16-20/h5*5,7-8,13-14,20,25H,3-4,6,9-10,15-18H2,1-2H3/i1D3,2D3,3D2,4D2,5D,6D2,7D,8D,9D2,10D2,13D,14D,15D2,16D2,17D2,20D,25D;3D2,4D2,5D,6D2,7D,8D,9D2,10D2,13D,14D,15D2,16D2,17D2,20D,25D;1D3,2D3,3D2,4D2,6D2,9D2,10D2,15D2,16D2,17D2,20D,25D;1D3,2D3,3D2,4D2,5D,7D,8D,13D,14D,17D2,25D;1D3,2D3,3D2,4D2,17D2,25D. The van der Waals surface area contributed by atoms with Gasteiger partial charge < -0.3 is 49.2 Å². The van der Waals surface area contributed by atoms with E-state index in [1.165, 1.54) is 17.9 Å². The van der Waals surface area contributed by atoms with Crippen LogP contribution in [-0.4, -0.2) is 218 Å². The van der Waals surface area contributed by atoms with E-state index in [2.05, 4.69) is 21.2 Å². The van der Waals surface area contributed by atoms with Crippen LogP contribution in [0.15, 0.2) is 151 Å². The van der Waals surface area contributed by atoms with E-state index in [1.54, 1.807) is 54.0 Å². The number of ether oxygens (including phenoxy) is 5. The second-order valence-corrected chi connectivity index (χ2v) is 24.9. The lowest BCUT2D eigenvalue weighted by atomic mass is 9.73. The first-order valence-corrected chi connectivity index (χ1v) is 37.4. The van der Waals surface area contributed by atoms with E-state index in [4.69, 9.17) is 178 Å². The summed E-state index contributed by atoms with van der Waals surface area (Å²) in [4.78, 5) is 66.1. The summed E-state index contributed by atoms with van der Waals surface area (Å²) < 4.78 is 882. The molecule has 5 saturated carbocycles. The molecular formula is C110H155N5O15. The van der Waals surface area contributed by atoms with E-state index in [-0.39, 0.29) is 17.7 Å². The lowest BCUT2D eigenvalue weighted by Gasteiger charge is -2.36. The molecular weight excluding hydrogens is 1630 g/mol. The zero-order valence-electron chi connectivity index (χ0n) is 175. The number of aliphatic hydroxyl groups is 5. The summed E-state index contributed by atoms with van der Waals surface area (Å²) in [5, 5.41) is 23.3. The van der Waals surface area contributed by atoms with Crippen molar-refractivity contribution in [3.8, 4) is 59.2 Å². The summed E-state index contributed by atoms with van der Waals surface area (Å²) in [6.45, 7) is -90.7. The minimum atomic E-state index is -4.80. The molecule has 5 atom stereocenters. The summed E-state index contributed by atoms with van der Waals surface area (Å²) in [5.41, 5.74) is -21.8. The van der Waals surface area contributed by atoms with E-state index in [0.717, 1.165) is 63.8 Å². The van der Waals surface area contributed by atoms with Gasteiger partial charge >= 0.3 is 29.8 Å². The number of nitrogens with zero attached hydrogens (tertiary/aromatic N) is 5. The van der Waals surface area contributed by atoms with Crippen molar-refractivity contribution in [3.63, 3.8) is 0 Å². The highest BCUT2D eigenvalue weighted by molar-refractivity contribution is 5.84. The van der Waals surface area contributed by atoms with Gasteiger partial charge in [-0.3, -0.25) is 24.5 Å². The van der Waals surface area contributed by atoms with Crippen molar-refractivity contribution in [2.75, 3.05) is 130 Å². The van der Waals surface area contributed by atoms with Crippen molar-refractivity contribution in [1.29, 1.82) is 7.16 Å². The van der Waals surface area contributed by atoms with Gasteiger partial charge in [-0.15, -0.1) is 0 Å². The fraction of sp³-hybridized carbons (Fsp3) is 0.591. The molecule has 0 spiro atoms. The Labute approximate surface area is 931 Å². The van der Waals surface area contributed by atoms with Crippen molar-refractivity contribution >= 4 is 29.8 Å². The molecule has 0 bridgehead atoms. The highest BCUT2D eigenvalue weighted by atomic mass is 16.6. The summed E-state index contributed by atoms with van der Waals surface area (Å²) in [6.07, 6.45) is -58.9. The molecule has 5 aromatic rings. The maximum atomic E-state index is 14.2. The van der Waals surface area contributed by atoms with Gasteiger partial charge in [-0.05, 0) is 157 Å². The lowest BCUT2D eigenvalue weighted by molar-refractivity contribution is -0.174. The minimum Gasteiger partial charge on any atom is -0.450 e. The first-order valence-electron chi connectivity index (χ1n) is 90.5. The maximum absolute atomic E-state index is 14.2.